The van der Waals surface area contributed by atoms with Crippen molar-refractivity contribution in [1.29, 1.82) is 0 Å². The number of nitrogens with two attached hydrogens (primary N) is 1. The van der Waals surface area contributed by atoms with E-state index in [-0.39, 0.29) is 11.4 Å². The molecule has 0 spiro atoms. The maximum atomic E-state index is 11.5. The van der Waals surface area contributed by atoms with Gasteiger partial charge in [-0.1, -0.05) is 0 Å². The van der Waals surface area contributed by atoms with Gasteiger partial charge in [0.2, 0.25) is 5.91 Å². The van der Waals surface area contributed by atoms with Gasteiger partial charge in [-0.2, -0.15) is 0 Å². The third-order valence-electron chi connectivity index (χ3n) is 3.50. The number of amides is 1. The molecule has 4 heteroatoms. The molecule has 0 aromatic carbocycles. The number of rotatable bonds is 6. The van der Waals surface area contributed by atoms with E-state index < -0.39 is 0 Å². The molecule has 2 fully saturated rings. The lowest BCUT2D eigenvalue weighted by molar-refractivity contribution is -0.120. The summed E-state index contributed by atoms with van der Waals surface area (Å²) in [6.07, 6.45) is 4.76. The molecule has 0 radical (unpaired) electrons. The highest BCUT2D eigenvalue weighted by atomic mass is 16.2. The number of carbonyl (C=O) groups excluding carboxylic acids is 1. The van der Waals surface area contributed by atoms with E-state index in [4.69, 9.17) is 5.73 Å². The topological polar surface area (TPSA) is 67.1 Å². The van der Waals surface area contributed by atoms with Crippen LogP contribution in [0.3, 0.4) is 0 Å². The van der Waals surface area contributed by atoms with Gasteiger partial charge < -0.3 is 16.4 Å². The molecule has 2 aliphatic rings. The van der Waals surface area contributed by atoms with Crippen LogP contribution in [0.4, 0.5) is 0 Å². The van der Waals surface area contributed by atoms with Crippen LogP contribution < -0.4 is 16.4 Å². The van der Waals surface area contributed by atoms with Crippen molar-refractivity contribution < 1.29 is 4.79 Å². The maximum Gasteiger partial charge on any atom is 0.234 e. The fraction of sp³-hybridized carbons (Fsp3) is 0.909. The summed E-state index contributed by atoms with van der Waals surface area (Å²) in [5, 5.41) is 6.27. The van der Waals surface area contributed by atoms with Gasteiger partial charge in [-0.25, -0.2) is 0 Å². The first-order chi connectivity index (χ1) is 7.14. The van der Waals surface area contributed by atoms with Crippen LogP contribution in [0.25, 0.3) is 0 Å². The highest BCUT2D eigenvalue weighted by molar-refractivity contribution is 5.78. The molecule has 0 bridgehead atoms. The highest BCUT2D eigenvalue weighted by Gasteiger charge is 2.40. The number of hydrogen-bond donors (Lipinski definition) is 3. The van der Waals surface area contributed by atoms with Crippen LogP contribution in [0.15, 0.2) is 0 Å². The van der Waals surface area contributed by atoms with Gasteiger partial charge in [-0.05, 0) is 38.5 Å². The van der Waals surface area contributed by atoms with Crippen molar-refractivity contribution >= 4 is 5.91 Å². The SMILES string of the molecule is CC(CN)(NCC(=O)NC1CC1)C1CC1. The second-order valence-electron chi connectivity index (χ2n) is 5.09. The average Bonchev–Trinajstić information content (AvgIpc) is 3.03. The molecule has 2 saturated carbocycles. The zero-order chi connectivity index (χ0) is 10.9. The van der Waals surface area contributed by atoms with E-state index in [9.17, 15) is 4.79 Å². The monoisotopic (exact) mass is 211 g/mol. The van der Waals surface area contributed by atoms with Crippen molar-refractivity contribution in [2.24, 2.45) is 11.7 Å². The summed E-state index contributed by atoms with van der Waals surface area (Å²) in [7, 11) is 0. The lowest BCUT2D eigenvalue weighted by Gasteiger charge is -2.29. The van der Waals surface area contributed by atoms with E-state index >= 15 is 0 Å². The molecule has 0 aromatic heterocycles. The second kappa shape index (κ2) is 4.10. The quantitative estimate of drug-likeness (QED) is 0.578. The van der Waals surface area contributed by atoms with E-state index in [1.807, 2.05) is 0 Å². The van der Waals surface area contributed by atoms with Gasteiger partial charge in [-0.3, -0.25) is 4.79 Å². The standard InChI is InChI=1S/C11H21N3O/c1-11(7-12,8-2-3-8)13-6-10(15)14-9-4-5-9/h8-9,13H,2-7,12H2,1H3,(H,14,15). The Kier molecular flexibility index (Phi) is 2.98. The summed E-state index contributed by atoms with van der Waals surface area (Å²) in [4.78, 5) is 11.5. The Morgan fingerprint density at radius 3 is 2.53 bits per heavy atom. The van der Waals surface area contributed by atoms with Gasteiger partial charge >= 0.3 is 0 Å². The van der Waals surface area contributed by atoms with Crippen molar-refractivity contribution in [2.75, 3.05) is 13.1 Å². The zero-order valence-electron chi connectivity index (χ0n) is 9.38. The Morgan fingerprint density at radius 1 is 1.40 bits per heavy atom. The second-order valence-corrected chi connectivity index (χ2v) is 5.09. The van der Waals surface area contributed by atoms with Crippen LogP contribution in [0.5, 0.6) is 0 Å². The van der Waals surface area contributed by atoms with Crippen LogP contribution in [0.2, 0.25) is 0 Å². The van der Waals surface area contributed by atoms with Crippen LogP contribution in [-0.2, 0) is 4.79 Å². The lowest BCUT2D eigenvalue weighted by atomic mass is 9.96. The normalized spacial score (nSPS) is 24.7. The Labute approximate surface area is 91.0 Å². The lowest BCUT2D eigenvalue weighted by Crippen LogP contribution is -2.53. The molecule has 0 aliphatic heterocycles. The zero-order valence-corrected chi connectivity index (χ0v) is 9.38. The summed E-state index contributed by atoms with van der Waals surface area (Å²) >= 11 is 0. The molecule has 1 atom stereocenters. The smallest absolute Gasteiger partial charge is 0.234 e. The van der Waals surface area contributed by atoms with Gasteiger partial charge in [0, 0.05) is 18.1 Å². The fourth-order valence-electron chi connectivity index (χ4n) is 1.89. The van der Waals surface area contributed by atoms with Crippen LogP contribution in [0, 0.1) is 5.92 Å². The van der Waals surface area contributed by atoms with E-state index in [1.54, 1.807) is 0 Å². The third-order valence-corrected chi connectivity index (χ3v) is 3.50. The Morgan fingerprint density at radius 2 is 2.07 bits per heavy atom. The number of hydrogen-bond acceptors (Lipinski definition) is 3. The fourth-order valence-corrected chi connectivity index (χ4v) is 1.89. The molecule has 2 rings (SSSR count). The minimum atomic E-state index is -0.0408. The minimum Gasteiger partial charge on any atom is -0.352 e. The van der Waals surface area contributed by atoms with Crippen molar-refractivity contribution in [3.63, 3.8) is 0 Å². The van der Waals surface area contributed by atoms with E-state index in [0.717, 1.165) is 12.8 Å². The van der Waals surface area contributed by atoms with Gasteiger partial charge in [0.25, 0.3) is 0 Å². The van der Waals surface area contributed by atoms with Crippen LogP contribution in [0.1, 0.15) is 32.6 Å². The molecule has 86 valence electrons. The van der Waals surface area contributed by atoms with Gasteiger partial charge in [0.1, 0.15) is 0 Å². The van der Waals surface area contributed by atoms with Crippen molar-refractivity contribution in [3.05, 3.63) is 0 Å². The van der Waals surface area contributed by atoms with Crippen molar-refractivity contribution in [2.45, 2.75) is 44.2 Å². The summed E-state index contributed by atoms with van der Waals surface area (Å²) in [6.45, 7) is 3.13. The molecular weight excluding hydrogens is 190 g/mol. The summed E-state index contributed by atoms with van der Waals surface area (Å²) in [5.74, 6) is 0.772. The minimum absolute atomic E-state index is 0.0408. The summed E-state index contributed by atoms with van der Waals surface area (Å²) < 4.78 is 0. The predicted octanol–water partition coefficient (Wildman–Crippen LogP) is -0.0180. The highest BCUT2D eigenvalue weighted by Crippen LogP contribution is 2.38. The van der Waals surface area contributed by atoms with E-state index in [1.165, 1.54) is 12.8 Å². The van der Waals surface area contributed by atoms with Crippen molar-refractivity contribution in [1.82, 2.24) is 10.6 Å². The summed E-state index contributed by atoms with van der Waals surface area (Å²) in [6, 6.07) is 0.448. The Bertz CT molecular complexity index is 248. The Balaban J connectivity index is 1.72. The summed E-state index contributed by atoms with van der Waals surface area (Å²) in [5.41, 5.74) is 5.71. The largest absolute Gasteiger partial charge is 0.352 e. The molecule has 1 amide bonds. The molecule has 0 aromatic rings. The van der Waals surface area contributed by atoms with E-state index in [2.05, 4.69) is 17.6 Å². The number of carbonyl (C=O) groups is 1. The predicted molar refractivity (Wildman–Crippen MR) is 59.4 cm³/mol. The molecule has 0 heterocycles. The third kappa shape index (κ3) is 2.92. The Hall–Kier alpha value is -0.610. The molecule has 4 nitrogen and oxygen atoms in total. The van der Waals surface area contributed by atoms with Gasteiger partial charge in [0.15, 0.2) is 0 Å². The molecule has 2 aliphatic carbocycles. The van der Waals surface area contributed by atoms with Crippen LogP contribution in [-0.4, -0.2) is 30.6 Å². The maximum absolute atomic E-state index is 11.5. The average molecular weight is 211 g/mol. The van der Waals surface area contributed by atoms with Gasteiger partial charge in [-0.15, -0.1) is 0 Å². The van der Waals surface area contributed by atoms with Crippen molar-refractivity contribution in [3.8, 4) is 0 Å². The molecule has 0 saturated heterocycles. The first-order valence-electron chi connectivity index (χ1n) is 5.88. The molecule has 4 N–H and O–H groups in total. The molecule has 15 heavy (non-hydrogen) atoms. The first-order valence-corrected chi connectivity index (χ1v) is 5.88. The molecular formula is C11H21N3O. The number of nitrogens with one attached hydrogen (secondary N) is 2. The van der Waals surface area contributed by atoms with Crippen LogP contribution >= 0.6 is 0 Å². The van der Waals surface area contributed by atoms with E-state index in [0.29, 0.717) is 25.0 Å². The first kappa shape index (κ1) is 10.9. The van der Waals surface area contributed by atoms with Gasteiger partial charge in [0.05, 0.1) is 6.54 Å². The molecule has 1 unspecified atom stereocenters.